The molecule has 1 aliphatic rings. The molecule has 0 saturated heterocycles. The number of amides is 1. The van der Waals surface area contributed by atoms with Gasteiger partial charge in [0, 0.05) is 18.0 Å². The molecular formula is C15H12N2O5S. The van der Waals surface area contributed by atoms with Gasteiger partial charge < -0.3 is 19.9 Å². The Morgan fingerprint density at radius 1 is 1.26 bits per heavy atom. The lowest BCUT2D eigenvalue weighted by atomic mass is 10.3. The minimum atomic E-state index is -1.07. The van der Waals surface area contributed by atoms with Crippen molar-refractivity contribution in [2.75, 3.05) is 17.9 Å². The number of hydrogen-bond donors (Lipinski definition) is 2. The first-order valence-electron chi connectivity index (χ1n) is 6.64. The van der Waals surface area contributed by atoms with Crippen LogP contribution in [0.15, 0.2) is 41.6 Å². The lowest BCUT2D eigenvalue weighted by Crippen LogP contribution is -2.14. The second kappa shape index (κ2) is 6.57. The van der Waals surface area contributed by atoms with Crippen molar-refractivity contribution >= 4 is 29.3 Å². The number of fused-ring (bicyclic) bond motifs is 1. The number of aromatic nitrogens is 1. The molecule has 118 valence electrons. The summed E-state index contributed by atoms with van der Waals surface area (Å²) >= 11 is 1.07. The highest BCUT2D eigenvalue weighted by Gasteiger charge is 2.15. The molecule has 1 amide bonds. The predicted molar refractivity (Wildman–Crippen MR) is 83.1 cm³/mol. The third-order valence-corrected chi connectivity index (χ3v) is 4.00. The molecule has 1 aliphatic heterocycles. The molecule has 0 atom stereocenters. The van der Waals surface area contributed by atoms with Crippen molar-refractivity contribution in [2.45, 2.75) is 5.03 Å². The van der Waals surface area contributed by atoms with Crippen LogP contribution in [0.2, 0.25) is 0 Å². The second-order valence-electron chi connectivity index (χ2n) is 4.57. The van der Waals surface area contributed by atoms with E-state index in [0.717, 1.165) is 11.8 Å². The maximum absolute atomic E-state index is 12.0. The highest BCUT2D eigenvalue weighted by Crippen LogP contribution is 2.34. The number of anilines is 1. The molecule has 3 rings (SSSR count). The van der Waals surface area contributed by atoms with Crippen molar-refractivity contribution in [1.82, 2.24) is 4.98 Å². The molecule has 1 aromatic carbocycles. The number of benzene rings is 1. The Morgan fingerprint density at radius 3 is 2.91 bits per heavy atom. The normalized spacial score (nSPS) is 12.0. The minimum absolute atomic E-state index is 0.0474. The zero-order valence-corrected chi connectivity index (χ0v) is 12.6. The van der Waals surface area contributed by atoms with Crippen LogP contribution in [0.1, 0.15) is 10.4 Å². The zero-order chi connectivity index (χ0) is 16.2. The average Bonchev–Trinajstić information content (AvgIpc) is 3.00. The molecule has 0 saturated carbocycles. The summed E-state index contributed by atoms with van der Waals surface area (Å²) in [6, 6.07) is 8.09. The number of carboxylic acids is 1. The molecule has 2 heterocycles. The van der Waals surface area contributed by atoms with Gasteiger partial charge in [-0.25, -0.2) is 9.78 Å². The summed E-state index contributed by atoms with van der Waals surface area (Å²) in [7, 11) is 0. The first-order valence-corrected chi connectivity index (χ1v) is 7.62. The Morgan fingerprint density at radius 2 is 2.09 bits per heavy atom. The van der Waals surface area contributed by atoms with E-state index in [2.05, 4.69) is 10.3 Å². The lowest BCUT2D eigenvalue weighted by Gasteiger charge is -2.07. The lowest BCUT2D eigenvalue weighted by molar-refractivity contribution is -0.113. The third kappa shape index (κ3) is 3.54. The Labute approximate surface area is 135 Å². The van der Waals surface area contributed by atoms with Crippen LogP contribution in [0.3, 0.4) is 0 Å². The van der Waals surface area contributed by atoms with Crippen molar-refractivity contribution in [3.8, 4) is 11.5 Å². The molecule has 23 heavy (non-hydrogen) atoms. The molecule has 2 aromatic rings. The van der Waals surface area contributed by atoms with Crippen LogP contribution < -0.4 is 14.8 Å². The number of ether oxygens (including phenoxy) is 2. The Hall–Kier alpha value is -2.74. The van der Waals surface area contributed by atoms with Gasteiger partial charge in [0.15, 0.2) is 11.5 Å². The van der Waals surface area contributed by atoms with Gasteiger partial charge in [-0.1, -0.05) is 11.8 Å². The van der Waals surface area contributed by atoms with E-state index in [9.17, 15) is 9.59 Å². The maximum atomic E-state index is 12.0. The molecule has 1 aromatic heterocycles. The first kappa shape index (κ1) is 15.2. The van der Waals surface area contributed by atoms with Crippen LogP contribution in [0.4, 0.5) is 5.69 Å². The van der Waals surface area contributed by atoms with Gasteiger partial charge in [0.2, 0.25) is 12.7 Å². The van der Waals surface area contributed by atoms with Gasteiger partial charge in [-0.2, -0.15) is 0 Å². The molecule has 0 aliphatic carbocycles. The monoisotopic (exact) mass is 332 g/mol. The summed E-state index contributed by atoms with van der Waals surface area (Å²) in [5, 5.41) is 12.1. The molecule has 0 radical (unpaired) electrons. The number of carbonyl (C=O) groups is 2. The van der Waals surface area contributed by atoms with E-state index in [4.69, 9.17) is 14.6 Å². The van der Waals surface area contributed by atoms with E-state index in [-0.39, 0.29) is 24.0 Å². The molecule has 0 spiro atoms. The third-order valence-electron chi connectivity index (χ3n) is 3.00. The van der Waals surface area contributed by atoms with Gasteiger partial charge in [0.25, 0.3) is 0 Å². The fourth-order valence-corrected chi connectivity index (χ4v) is 2.76. The molecule has 0 bridgehead atoms. The van der Waals surface area contributed by atoms with Crippen LogP contribution >= 0.6 is 11.8 Å². The van der Waals surface area contributed by atoms with Gasteiger partial charge in [-0.3, -0.25) is 4.79 Å². The second-order valence-corrected chi connectivity index (χ2v) is 5.53. The number of thioether (sulfide) groups is 1. The highest BCUT2D eigenvalue weighted by molar-refractivity contribution is 8.00. The Bertz CT molecular complexity index is 765. The number of carboxylic acid groups (broad SMARTS) is 1. The first-order chi connectivity index (χ1) is 11.1. The molecule has 0 unspecified atom stereocenters. The van der Waals surface area contributed by atoms with E-state index < -0.39 is 5.97 Å². The highest BCUT2D eigenvalue weighted by atomic mass is 32.2. The van der Waals surface area contributed by atoms with E-state index in [1.165, 1.54) is 12.3 Å². The van der Waals surface area contributed by atoms with Crippen molar-refractivity contribution < 1.29 is 24.2 Å². The largest absolute Gasteiger partial charge is 0.478 e. The van der Waals surface area contributed by atoms with Gasteiger partial charge in [-0.05, 0) is 24.3 Å². The van der Waals surface area contributed by atoms with E-state index in [1.54, 1.807) is 24.3 Å². The van der Waals surface area contributed by atoms with Gasteiger partial charge >= 0.3 is 5.97 Å². The molecule has 7 nitrogen and oxygen atoms in total. The van der Waals surface area contributed by atoms with Crippen LogP contribution in [-0.4, -0.2) is 34.5 Å². The topological polar surface area (TPSA) is 97.8 Å². The number of hydrogen-bond acceptors (Lipinski definition) is 6. The average molecular weight is 332 g/mol. The summed E-state index contributed by atoms with van der Waals surface area (Å²) in [5.41, 5.74) is 0.660. The number of nitrogens with one attached hydrogen (secondary N) is 1. The Kier molecular flexibility index (Phi) is 4.33. The number of aromatic carboxylic acids is 1. The van der Waals surface area contributed by atoms with Crippen molar-refractivity contribution in [3.63, 3.8) is 0 Å². The van der Waals surface area contributed by atoms with E-state index >= 15 is 0 Å². The van der Waals surface area contributed by atoms with Crippen LogP contribution in [-0.2, 0) is 4.79 Å². The number of rotatable bonds is 5. The summed E-state index contributed by atoms with van der Waals surface area (Å²) in [5.74, 6) is -0.0796. The van der Waals surface area contributed by atoms with Gasteiger partial charge in [0.1, 0.15) is 5.03 Å². The van der Waals surface area contributed by atoms with Crippen molar-refractivity contribution in [2.24, 2.45) is 0 Å². The van der Waals surface area contributed by atoms with E-state index in [1.807, 2.05) is 0 Å². The molecule has 0 fully saturated rings. The fraction of sp³-hybridized carbons (Fsp3) is 0.133. The fourth-order valence-electron chi connectivity index (χ4n) is 1.97. The number of pyridine rings is 1. The van der Waals surface area contributed by atoms with Crippen LogP contribution in [0, 0.1) is 0 Å². The quantitative estimate of drug-likeness (QED) is 0.810. The summed E-state index contributed by atoms with van der Waals surface area (Å²) in [4.78, 5) is 27.1. The van der Waals surface area contributed by atoms with Gasteiger partial charge in [-0.15, -0.1) is 0 Å². The smallest absolute Gasteiger partial charge is 0.338 e. The van der Waals surface area contributed by atoms with Crippen LogP contribution in [0.5, 0.6) is 11.5 Å². The predicted octanol–water partition coefficient (Wildman–Crippen LogP) is 2.24. The standard InChI is InChI=1S/C15H12N2O5S/c18-13(7-23-14-10(15(19)20)2-1-5-16-14)17-9-3-4-11-12(6-9)22-8-21-11/h1-6H,7-8H2,(H,17,18)(H,19,20). The van der Waals surface area contributed by atoms with Crippen molar-refractivity contribution in [3.05, 3.63) is 42.1 Å². The number of carbonyl (C=O) groups excluding carboxylic acids is 1. The molecule has 8 heteroatoms. The SMILES string of the molecule is O=C(CSc1ncccc1C(=O)O)Nc1ccc2c(c1)OCO2. The number of nitrogens with zero attached hydrogens (tertiary/aromatic N) is 1. The Balaban J connectivity index is 1.61. The molecule has 2 N–H and O–H groups in total. The maximum Gasteiger partial charge on any atom is 0.338 e. The summed E-state index contributed by atoms with van der Waals surface area (Å²) in [6.07, 6.45) is 1.49. The molecular weight excluding hydrogens is 320 g/mol. The van der Waals surface area contributed by atoms with Crippen molar-refractivity contribution in [1.29, 1.82) is 0 Å². The van der Waals surface area contributed by atoms with Gasteiger partial charge in [0.05, 0.1) is 11.3 Å². The van der Waals surface area contributed by atoms with E-state index in [0.29, 0.717) is 22.2 Å². The minimum Gasteiger partial charge on any atom is -0.478 e. The summed E-state index contributed by atoms with van der Waals surface area (Å²) < 4.78 is 10.4. The van der Waals surface area contributed by atoms with Crippen LogP contribution in [0.25, 0.3) is 0 Å². The zero-order valence-electron chi connectivity index (χ0n) is 11.8. The summed E-state index contributed by atoms with van der Waals surface area (Å²) in [6.45, 7) is 0.167.